The fraction of sp³-hybridized carbons (Fsp3) is 0.0714. The summed E-state index contributed by atoms with van der Waals surface area (Å²) in [5, 5.41) is 9.14. The van der Waals surface area contributed by atoms with Crippen molar-refractivity contribution < 1.29 is 9.21 Å². The third-order valence-corrected chi connectivity index (χ3v) is 5.69. The van der Waals surface area contributed by atoms with Gasteiger partial charge in [0.25, 0.3) is 5.91 Å². The second kappa shape index (κ2) is 9.61. The van der Waals surface area contributed by atoms with Gasteiger partial charge in [0.2, 0.25) is 5.43 Å². The molecule has 0 saturated carbocycles. The molecule has 172 valence electrons. The molecule has 2 heterocycles. The molecule has 7 heteroatoms. The molecule has 0 aliphatic rings. The lowest BCUT2D eigenvalue weighted by Crippen LogP contribution is -2.19. The highest BCUT2D eigenvalue weighted by Crippen LogP contribution is 2.24. The first-order valence-corrected chi connectivity index (χ1v) is 11.2. The van der Waals surface area contributed by atoms with Crippen LogP contribution >= 0.6 is 0 Å². The summed E-state index contributed by atoms with van der Waals surface area (Å²) in [7, 11) is 0. The Kier molecular flexibility index (Phi) is 6.05. The van der Waals surface area contributed by atoms with Gasteiger partial charge in [-0.25, -0.2) is 10.1 Å². The number of benzene rings is 3. The van der Waals surface area contributed by atoms with Gasteiger partial charge in [0, 0.05) is 11.8 Å². The normalized spacial score (nSPS) is 11.2. The Balaban J connectivity index is 1.46. The summed E-state index contributed by atoms with van der Waals surface area (Å²) in [6.45, 7) is 2.09. The quantitative estimate of drug-likeness (QED) is 0.285. The molecule has 5 aromatic rings. The minimum absolute atomic E-state index is 0.224. The molecular formula is C28H22N4O3. The summed E-state index contributed by atoms with van der Waals surface area (Å²) in [6.07, 6.45) is 5.21. The number of aromatic nitrogens is 2. The smallest absolute Gasteiger partial charge is 0.275 e. The van der Waals surface area contributed by atoms with Gasteiger partial charge in [0.1, 0.15) is 17.5 Å². The van der Waals surface area contributed by atoms with Crippen molar-refractivity contribution >= 4 is 23.1 Å². The lowest BCUT2D eigenvalue weighted by atomic mass is 10.0. The average Bonchev–Trinajstić information content (AvgIpc) is 3.36. The summed E-state index contributed by atoms with van der Waals surface area (Å²) >= 11 is 0. The molecule has 0 spiro atoms. The average molecular weight is 463 g/mol. The highest BCUT2D eigenvalue weighted by Gasteiger charge is 2.18. The van der Waals surface area contributed by atoms with Crippen molar-refractivity contribution in [1.29, 1.82) is 0 Å². The zero-order chi connectivity index (χ0) is 24.2. The van der Waals surface area contributed by atoms with E-state index in [4.69, 9.17) is 4.42 Å². The Morgan fingerprint density at radius 3 is 2.54 bits per heavy atom. The molecule has 35 heavy (non-hydrogen) atoms. The molecule has 0 atom stereocenters. The molecular weight excluding hydrogens is 440 g/mol. The van der Waals surface area contributed by atoms with Crippen molar-refractivity contribution in [3.05, 3.63) is 118 Å². The number of rotatable bonds is 6. The minimum Gasteiger partial charge on any atom is -0.463 e. The van der Waals surface area contributed by atoms with Gasteiger partial charge in [-0.15, -0.1) is 0 Å². The number of amides is 1. The van der Waals surface area contributed by atoms with Crippen LogP contribution in [0.1, 0.15) is 28.4 Å². The van der Waals surface area contributed by atoms with Gasteiger partial charge in [-0.1, -0.05) is 61.5 Å². The summed E-state index contributed by atoms with van der Waals surface area (Å²) in [4.78, 5) is 25.8. The van der Waals surface area contributed by atoms with Crippen molar-refractivity contribution in [2.75, 3.05) is 0 Å². The predicted molar refractivity (Wildman–Crippen MR) is 136 cm³/mol. The van der Waals surface area contributed by atoms with Crippen LogP contribution in [0.15, 0.2) is 106 Å². The van der Waals surface area contributed by atoms with Gasteiger partial charge in [0.15, 0.2) is 0 Å². The largest absolute Gasteiger partial charge is 0.463 e. The number of nitrogens with one attached hydrogen (secondary N) is 1. The molecule has 0 radical (unpaired) electrons. The summed E-state index contributed by atoms with van der Waals surface area (Å²) in [5.41, 5.74) is 6.76. The van der Waals surface area contributed by atoms with Crippen molar-refractivity contribution in [3.8, 4) is 16.9 Å². The van der Waals surface area contributed by atoms with Crippen LogP contribution in [0.5, 0.6) is 0 Å². The number of carbonyl (C=O) groups excluding carboxylic acids is 1. The Morgan fingerprint density at radius 2 is 1.77 bits per heavy atom. The fourth-order valence-corrected chi connectivity index (χ4v) is 3.77. The van der Waals surface area contributed by atoms with Crippen LogP contribution in [0.3, 0.4) is 0 Å². The summed E-state index contributed by atoms with van der Waals surface area (Å²) < 4.78 is 7.16. The van der Waals surface area contributed by atoms with E-state index in [0.29, 0.717) is 22.2 Å². The molecule has 3 aromatic carbocycles. The van der Waals surface area contributed by atoms with Gasteiger partial charge in [-0.3, -0.25) is 9.59 Å². The second-order valence-electron chi connectivity index (χ2n) is 7.94. The second-order valence-corrected chi connectivity index (χ2v) is 7.94. The maximum atomic E-state index is 13.1. The molecule has 5 rings (SSSR count). The highest BCUT2D eigenvalue weighted by atomic mass is 16.3. The van der Waals surface area contributed by atoms with Gasteiger partial charge < -0.3 is 4.42 Å². The molecule has 7 nitrogen and oxygen atoms in total. The zero-order valence-electron chi connectivity index (χ0n) is 19.0. The Bertz CT molecular complexity index is 1580. The summed E-state index contributed by atoms with van der Waals surface area (Å²) in [6, 6.07) is 24.5. The molecule has 0 saturated heterocycles. The van der Waals surface area contributed by atoms with Gasteiger partial charge in [-0.2, -0.15) is 10.2 Å². The van der Waals surface area contributed by atoms with Gasteiger partial charge >= 0.3 is 0 Å². The van der Waals surface area contributed by atoms with Gasteiger partial charge in [-0.05, 0) is 36.2 Å². The molecule has 0 aliphatic carbocycles. The van der Waals surface area contributed by atoms with Gasteiger partial charge in [0.05, 0.1) is 28.4 Å². The molecule has 2 aromatic heterocycles. The van der Waals surface area contributed by atoms with E-state index < -0.39 is 5.91 Å². The number of aryl methyl sites for hydroxylation is 1. The number of hydrazone groups is 1. The fourth-order valence-electron chi connectivity index (χ4n) is 3.77. The number of hydrogen-bond acceptors (Lipinski definition) is 5. The van der Waals surface area contributed by atoms with Crippen molar-refractivity contribution in [1.82, 2.24) is 15.2 Å². The van der Waals surface area contributed by atoms with E-state index in [1.807, 2.05) is 54.6 Å². The van der Waals surface area contributed by atoms with Crippen LogP contribution in [-0.2, 0) is 6.42 Å². The van der Waals surface area contributed by atoms with E-state index in [0.717, 1.165) is 17.7 Å². The summed E-state index contributed by atoms with van der Waals surface area (Å²) in [5.74, 6) is -0.442. The van der Waals surface area contributed by atoms with Crippen LogP contribution in [-0.4, -0.2) is 21.9 Å². The highest BCUT2D eigenvalue weighted by molar-refractivity contribution is 6.00. The van der Waals surface area contributed by atoms with Crippen LogP contribution < -0.4 is 10.9 Å². The predicted octanol–water partition coefficient (Wildman–Crippen LogP) is 4.97. The lowest BCUT2D eigenvalue weighted by Gasteiger charge is -2.03. The molecule has 0 fully saturated rings. The van der Waals surface area contributed by atoms with Crippen molar-refractivity contribution in [3.63, 3.8) is 0 Å². The molecule has 0 bridgehead atoms. The first-order chi connectivity index (χ1) is 17.1. The van der Waals surface area contributed by atoms with E-state index >= 15 is 0 Å². The van der Waals surface area contributed by atoms with Crippen LogP contribution in [0.4, 0.5) is 0 Å². The third kappa shape index (κ3) is 4.52. The van der Waals surface area contributed by atoms with Crippen LogP contribution in [0.2, 0.25) is 0 Å². The molecule has 0 aliphatic heterocycles. The van der Waals surface area contributed by atoms with Crippen LogP contribution in [0.25, 0.3) is 27.9 Å². The Morgan fingerprint density at radius 1 is 1.03 bits per heavy atom. The van der Waals surface area contributed by atoms with E-state index in [-0.39, 0.29) is 11.0 Å². The van der Waals surface area contributed by atoms with E-state index in [1.54, 1.807) is 35.1 Å². The third-order valence-electron chi connectivity index (χ3n) is 5.69. The van der Waals surface area contributed by atoms with E-state index in [9.17, 15) is 9.59 Å². The Labute approximate surface area is 201 Å². The Hall–Kier alpha value is -4.78. The molecule has 1 amide bonds. The van der Waals surface area contributed by atoms with E-state index in [2.05, 4.69) is 22.5 Å². The number of para-hydroxylation sites is 2. The first kappa shape index (κ1) is 22.0. The number of fused-ring (bicyclic) bond motifs is 1. The number of nitrogens with zero attached hydrogens (tertiary/aromatic N) is 3. The SMILES string of the molecule is CCc1ccc(-c2nn(-c3ccccc3)cc2C(=O)NN=Cc2coc3ccccc3c2=O)cc1. The van der Waals surface area contributed by atoms with Crippen LogP contribution in [0, 0.1) is 0 Å². The standard InChI is InChI=1S/C28H22N4O3/c1-2-19-12-14-20(15-13-19)26-24(17-32(31-26)22-8-4-3-5-9-22)28(34)30-29-16-21-18-35-25-11-7-6-10-23(25)27(21)33/h3-18H,2H2,1H3,(H,30,34). The zero-order valence-corrected chi connectivity index (χ0v) is 19.0. The molecule has 1 N–H and O–H groups in total. The van der Waals surface area contributed by atoms with Crippen molar-refractivity contribution in [2.24, 2.45) is 5.10 Å². The monoisotopic (exact) mass is 462 g/mol. The number of hydrogen-bond donors (Lipinski definition) is 1. The lowest BCUT2D eigenvalue weighted by molar-refractivity contribution is 0.0955. The maximum Gasteiger partial charge on any atom is 0.275 e. The first-order valence-electron chi connectivity index (χ1n) is 11.2. The van der Waals surface area contributed by atoms with Crippen molar-refractivity contribution in [2.45, 2.75) is 13.3 Å². The van der Waals surface area contributed by atoms with E-state index in [1.165, 1.54) is 18.0 Å². The topological polar surface area (TPSA) is 89.5 Å². The molecule has 0 unspecified atom stereocenters. The minimum atomic E-state index is -0.442. The number of carbonyl (C=O) groups is 1. The maximum absolute atomic E-state index is 13.1.